The van der Waals surface area contributed by atoms with E-state index in [9.17, 15) is 19.2 Å². The second kappa shape index (κ2) is 10.1. The van der Waals surface area contributed by atoms with E-state index in [1.165, 1.54) is 16.8 Å². The van der Waals surface area contributed by atoms with Crippen molar-refractivity contribution >= 4 is 45.3 Å². The first-order valence-electron chi connectivity index (χ1n) is 10.2. The van der Waals surface area contributed by atoms with Gasteiger partial charge in [-0.05, 0) is 38.0 Å². The molecule has 1 aromatic carbocycles. The molecule has 0 N–H and O–H groups in total. The van der Waals surface area contributed by atoms with Crippen LogP contribution in [-0.2, 0) is 23.9 Å². The molecule has 1 fully saturated rings. The molecule has 0 aromatic heterocycles. The number of hydrogen-bond donors (Lipinski definition) is 0. The molecule has 168 valence electrons. The molecule has 0 saturated carbocycles. The molecular formula is C21H26BrN3O6. The molecule has 2 heterocycles. The predicted molar refractivity (Wildman–Crippen MR) is 116 cm³/mol. The summed E-state index contributed by atoms with van der Waals surface area (Å²) >= 11 is 3.36. The molecule has 9 nitrogen and oxygen atoms in total. The van der Waals surface area contributed by atoms with Gasteiger partial charge in [0.2, 0.25) is 11.8 Å². The number of esters is 1. The second-order valence-corrected chi connectivity index (χ2v) is 8.48. The van der Waals surface area contributed by atoms with Gasteiger partial charge in [-0.25, -0.2) is 0 Å². The van der Waals surface area contributed by atoms with Crippen molar-refractivity contribution in [2.45, 2.75) is 19.8 Å². The molecule has 2 aliphatic rings. The summed E-state index contributed by atoms with van der Waals surface area (Å²) in [7, 11) is 1.53. The number of amides is 3. The van der Waals surface area contributed by atoms with E-state index in [4.69, 9.17) is 9.47 Å². The number of halogens is 1. The maximum absolute atomic E-state index is 12.7. The Kier molecular flexibility index (Phi) is 7.53. The minimum atomic E-state index is -0.364. The Morgan fingerprint density at radius 2 is 2.10 bits per heavy atom. The van der Waals surface area contributed by atoms with Crippen molar-refractivity contribution in [3.63, 3.8) is 0 Å². The van der Waals surface area contributed by atoms with Gasteiger partial charge in [-0.1, -0.05) is 15.9 Å². The zero-order valence-corrected chi connectivity index (χ0v) is 19.2. The third-order valence-electron chi connectivity index (χ3n) is 5.35. The number of piperidine rings is 1. The molecule has 1 unspecified atom stereocenters. The average molecular weight is 496 g/mol. The summed E-state index contributed by atoms with van der Waals surface area (Å²) < 4.78 is 11.3. The average Bonchev–Trinajstić information content (AvgIpc) is 2.75. The fraction of sp³-hybridized carbons (Fsp3) is 0.524. The van der Waals surface area contributed by atoms with E-state index in [1.807, 2.05) is 0 Å². The van der Waals surface area contributed by atoms with E-state index < -0.39 is 0 Å². The van der Waals surface area contributed by atoms with Crippen molar-refractivity contribution in [1.29, 1.82) is 0 Å². The van der Waals surface area contributed by atoms with Crippen LogP contribution in [0.15, 0.2) is 22.7 Å². The Balaban J connectivity index is 1.59. The summed E-state index contributed by atoms with van der Waals surface area (Å²) in [4.78, 5) is 54.0. The first kappa shape index (κ1) is 23.1. The van der Waals surface area contributed by atoms with Crippen LogP contribution in [0.1, 0.15) is 19.8 Å². The highest BCUT2D eigenvalue weighted by atomic mass is 79.9. The van der Waals surface area contributed by atoms with Crippen molar-refractivity contribution < 1.29 is 28.7 Å². The standard InChI is InChI=1S/C21H26BrN3O6/c1-3-30-21(29)14-5-4-8-24(10-14)19(27)11-23(2)18(26)12-25-16-7-6-15(22)9-17(16)31-13-20(25)28/h6-7,9,14H,3-5,8,10-13H2,1-2H3. The molecule has 0 spiro atoms. The molecule has 10 heteroatoms. The number of carbonyl (C=O) groups excluding carboxylic acids is 4. The van der Waals surface area contributed by atoms with E-state index in [2.05, 4.69) is 15.9 Å². The van der Waals surface area contributed by atoms with Crippen LogP contribution in [0.4, 0.5) is 5.69 Å². The number of hydrogen-bond acceptors (Lipinski definition) is 6. The van der Waals surface area contributed by atoms with Crippen molar-refractivity contribution in [2.75, 3.05) is 51.3 Å². The van der Waals surface area contributed by atoms with E-state index in [0.717, 1.165) is 4.47 Å². The van der Waals surface area contributed by atoms with Crippen LogP contribution in [0.5, 0.6) is 5.75 Å². The number of fused-ring (bicyclic) bond motifs is 1. The maximum Gasteiger partial charge on any atom is 0.310 e. The lowest BCUT2D eigenvalue weighted by Crippen LogP contribution is -2.50. The lowest BCUT2D eigenvalue weighted by Gasteiger charge is -2.33. The number of anilines is 1. The van der Waals surface area contributed by atoms with Crippen molar-refractivity contribution in [3.8, 4) is 5.75 Å². The number of benzene rings is 1. The molecule has 31 heavy (non-hydrogen) atoms. The molecule has 1 atom stereocenters. The largest absolute Gasteiger partial charge is 0.482 e. The van der Waals surface area contributed by atoms with Gasteiger partial charge in [0.1, 0.15) is 12.3 Å². The molecule has 0 radical (unpaired) electrons. The summed E-state index contributed by atoms with van der Waals surface area (Å²) in [5, 5.41) is 0. The summed E-state index contributed by atoms with van der Waals surface area (Å²) in [5.41, 5.74) is 0.515. The van der Waals surface area contributed by atoms with Crippen molar-refractivity contribution in [2.24, 2.45) is 5.92 Å². The van der Waals surface area contributed by atoms with Crippen molar-refractivity contribution in [1.82, 2.24) is 9.80 Å². The summed E-state index contributed by atoms with van der Waals surface area (Å²) in [6.07, 6.45) is 1.40. The molecule has 0 aliphatic carbocycles. The highest BCUT2D eigenvalue weighted by molar-refractivity contribution is 9.10. The highest BCUT2D eigenvalue weighted by Gasteiger charge is 2.32. The van der Waals surface area contributed by atoms with Crippen LogP contribution in [0.2, 0.25) is 0 Å². The minimum Gasteiger partial charge on any atom is -0.482 e. The number of carbonyl (C=O) groups is 4. The van der Waals surface area contributed by atoms with Gasteiger partial charge in [0.05, 0.1) is 24.8 Å². The monoisotopic (exact) mass is 495 g/mol. The van der Waals surface area contributed by atoms with Crippen LogP contribution >= 0.6 is 15.9 Å². The molecule has 1 saturated heterocycles. The van der Waals surface area contributed by atoms with Crippen LogP contribution in [0.3, 0.4) is 0 Å². The highest BCUT2D eigenvalue weighted by Crippen LogP contribution is 2.34. The van der Waals surface area contributed by atoms with Gasteiger partial charge in [0.25, 0.3) is 5.91 Å². The zero-order chi connectivity index (χ0) is 22.5. The predicted octanol–water partition coefficient (Wildman–Crippen LogP) is 1.43. The van der Waals surface area contributed by atoms with E-state index in [1.54, 1.807) is 30.0 Å². The molecule has 3 amide bonds. The van der Waals surface area contributed by atoms with Crippen LogP contribution in [0, 0.1) is 5.92 Å². The Morgan fingerprint density at radius 3 is 2.84 bits per heavy atom. The Labute approximate surface area is 189 Å². The van der Waals surface area contributed by atoms with E-state index in [-0.39, 0.29) is 49.3 Å². The van der Waals surface area contributed by atoms with Gasteiger partial charge in [-0.2, -0.15) is 0 Å². The Bertz CT molecular complexity index is 877. The number of nitrogens with zero attached hydrogens (tertiary/aromatic N) is 3. The van der Waals surface area contributed by atoms with Gasteiger partial charge in [0.15, 0.2) is 6.61 Å². The fourth-order valence-corrected chi connectivity index (χ4v) is 3.99. The molecule has 3 rings (SSSR count). The third kappa shape index (κ3) is 5.55. The first-order chi connectivity index (χ1) is 14.8. The van der Waals surface area contributed by atoms with E-state index in [0.29, 0.717) is 44.0 Å². The number of ether oxygens (including phenoxy) is 2. The SMILES string of the molecule is CCOC(=O)C1CCCN(C(=O)CN(C)C(=O)CN2C(=O)COc3cc(Br)ccc32)C1. The molecular weight excluding hydrogens is 470 g/mol. The van der Waals surface area contributed by atoms with Crippen molar-refractivity contribution in [3.05, 3.63) is 22.7 Å². The minimum absolute atomic E-state index is 0.125. The Hall–Kier alpha value is -2.62. The van der Waals surface area contributed by atoms with Crippen LogP contribution in [-0.4, -0.2) is 79.9 Å². The fourth-order valence-electron chi connectivity index (χ4n) is 3.65. The Morgan fingerprint density at radius 1 is 1.32 bits per heavy atom. The van der Waals surface area contributed by atoms with Gasteiger partial charge in [0, 0.05) is 24.6 Å². The summed E-state index contributed by atoms with van der Waals surface area (Å²) in [5.74, 6) is -1.03. The lowest BCUT2D eigenvalue weighted by atomic mass is 9.98. The zero-order valence-electron chi connectivity index (χ0n) is 17.6. The number of rotatable bonds is 6. The van der Waals surface area contributed by atoms with Crippen LogP contribution in [0.25, 0.3) is 0 Å². The number of likely N-dealkylation sites (N-methyl/N-ethyl adjacent to an activating group) is 1. The van der Waals surface area contributed by atoms with Gasteiger partial charge >= 0.3 is 5.97 Å². The number of likely N-dealkylation sites (tertiary alicyclic amines) is 1. The summed E-state index contributed by atoms with van der Waals surface area (Å²) in [6, 6.07) is 5.21. The molecule has 2 aliphatic heterocycles. The molecule has 1 aromatic rings. The van der Waals surface area contributed by atoms with Gasteiger partial charge in [-0.3, -0.25) is 24.1 Å². The lowest BCUT2D eigenvalue weighted by molar-refractivity contribution is -0.152. The van der Waals surface area contributed by atoms with Crippen LogP contribution < -0.4 is 9.64 Å². The maximum atomic E-state index is 12.7. The van der Waals surface area contributed by atoms with E-state index >= 15 is 0 Å². The summed E-state index contributed by atoms with van der Waals surface area (Å²) in [6.45, 7) is 2.43. The van der Waals surface area contributed by atoms with Gasteiger partial charge < -0.3 is 19.3 Å². The third-order valence-corrected chi connectivity index (χ3v) is 5.84. The topological polar surface area (TPSA) is 96.5 Å². The quantitative estimate of drug-likeness (QED) is 0.554. The van der Waals surface area contributed by atoms with Gasteiger partial charge in [-0.15, -0.1) is 0 Å². The normalized spacial score (nSPS) is 18.2. The first-order valence-corrected chi connectivity index (χ1v) is 11.0. The molecule has 0 bridgehead atoms. The second-order valence-electron chi connectivity index (χ2n) is 7.56. The smallest absolute Gasteiger partial charge is 0.310 e.